The molecule has 17 heavy (non-hydrogen) atoms. The van der Waals surface area contributed by atoms with E-state index in [-0.39, 0.29) is 11.3 Å². The fourth-order valence-electron chi connectivity index (χ4n) is 1.73. The van der Waals surface area contributed by atoms with Crippen molar-refractivity contribution in [3.8, 4) is 11.3 Å². The van der Waals surface area contributed by atoms with Crippen LogP contribution in [0.25, 0.3) is 11.3 Å². The molecule has 5 heteroatoms. The lowest BCUT2D eigenvalue weighted by Crippen LogP contribution is -2.07. The lowest BCUT2D eigenvalue weighted by Gasteiger charge is -2.09. The van der Waals surface area contributed by atoms with Crippen molar-refractivity contribution >= 4 is 11.6 Å². The fraction of sp³-hybridized carbons (Fsp3) is 0.167. The van der Waals surface area contributed by atoms with Crippen LogP contribution in [0.1, 0.15) is 11.1 Å². The van der Waals surface area contributed by atoms with Crippen LogP contribution >= 0.6 is 11.6 Å². The van der Waals surface area contributed by atoms with Gasteiger partial charge in [0.2, 0.25) is 0 Å². The summed E-state index contributed by atoms with van der Waals surface area (Å²) in [6.45, 7) is 1.43. The SMILES string of the molecule is Cc1c[nH]c(-c2ccc(Cl)cc2)c1C(F)(F)F. The number of H-pyrrole nitrogens is 1. The number of aryl methyl sites for hydroxylation is 1. The standard InChI is InChI=1S/C12H9ClF3N/c1-7-6-17-11(10(7)12(14,15)16)8-2-4-9(13)5-3-8/h2-6,17H,1H3. The summed E-state index contributed by atoms with van der Waals surface area (Å²) >= 11 is 5.70. The van der Waals surface area contributed by atoms with Crippen LogP contribution in [-0.2, 0) is 6.18 Å². The Hall–Kier alpha value is -1.42. The summed E-state index contributed by atoms with van der Waals surface area (Å²) in [4.78, 5) is 2.65. The molecule has 0 bridgehead atoms. The van der Waals surface area contributed by atoms with Gasteiger partial charge in [-0.15, -0.1) is 0 Å². The lowest BCUT2D eigenvalue weighted by atomic mass is 10.1. The molecule has 2 rings (SSSR count). The molecule has 1 aromatic carbocycles. The van der Waals surface area contributed by atoms with Gasteiger partial charge in [-0.05, 0) is 30.2 Å². The third kappa shape index (κ3) is 2.31. The topological polar surface area (TPSA) is 15.8 Å². The summed E-state index contributed by atoms with van der Waals surface area (Å²) in [6.07, 6.45) is -3.01. The highest BCUT2D eigenvalue weighted by Gasteiger charge is 2.36. The van der Waals surface area contributed by atoms with Crippen LogP contribution in [0.15, 0.2) is 30.5 Å². The quantitative estimate of drug-likeness (QED) is 0.766. The second-order valence-electron chi connectivity index (χ2n) is 3.73. The van der Waals surface area contributed by atoms with Crippen LogP contribution in [0.4, 0.5) is 13.2 Å². The number of hydrogen-bond acceptors (Lipinski definition) is 0. The molecule has 1 N–H and O–H groups in total. The number of halogens is 4. The van der Waals surface area contributed by atoms with Gasteiger partial charge in [0.1, 0.15) is 0 Å². The van der Waals surface area contributed by atoms with Crippen molar-refractivity contribution in [2.45, 2.75) is 13.1 Å². The Morgan fingerprint density at radius 3 is 2.24 bits per heavy atom. The average Bonchev–Trinajstić information content (AvgIpc) is 2.61. The highest BCUT2D eigenvalue weighted by Crippen LogP contribution is 2.38. The second kappa shape index (κ2) is 4.11. The van der Waals surface area contributed by atoms with Gasteiger partial charge in [-0.25, -0.2) is 0 Å². The van der Waals surface area contributed by atoms with Gasteiger partial charge < -0.3 is 4.98 Å². The minimum Gasteiger partial charge on any atom is -0.360 e. The molecule has 0 unspecified atom stereocenters. The van der Waals surface area contributed by atoms with Gasteiger partial charge in [0, 0.05) is 11.2 Å². The van der Waals surface area contributed by atoms with E-state index < -0.39 is 11.7 Å². The fourth-order valence-corrected chi connectivity index (χ4v) is 1.86. The number of hydrogen-bond donors (Lipinski definition) is 1. The molecular weight excluding hydrogens is 251 g/mol. The first-order valence-electron chi connectivity index (χ1n) is 4.90. The number of rotatable bonds is 1. The Kier molecular flexibility index (Phi) is 2.91. The summed E-state index contributed by atoms with van der Waals surface area (Å²) < 4.78 is 38.6. The van der Waals surface area contributed by atoms with E-state index in [1.165, 1.54) is 13.1 Å². The number of benzene rings is 1. The largest absolute Gasteiger partial charge is 0.418 e. The molecule has 2 aromatic rings. The van der Waals surface area contributed by atoms with E-state index in [2.05, 4.69) is 4.98 Å². The summed E-state index contributed by atoms with van der Waals surface area (Å²) in [5.41, 5.74) is 0.101. The summed E-state index contributed by atoms with van der Waals surface area (Å²) in [5.74, 6) is 0. The van der Waals surface area contributed by atoms with E-state index in [1.54, 1.807) is 24.3 Å². The van der Waals surface area contributed by atoms with Crippen molar-refractivity contribution in [3.05, 3.63) is 46.6 Å². The second-order valence-corrected chi connectivity index (χ2v) is 4.16. The van der Waals surface area contributed by atoms with Crippen LogP contribution in [0.2, 0.25) is 5.02 Å². The van der Waals surface area contributed by atoms with Crippen molar-refractivity contribution in [1.82, 2.24) is 4.98 Å². The Labute approximate surface area is 101 Å². The maximum absolute atomic E-state index is 12.9. The Bertz CT molecular complexity index is 526. The predicted octanol–water partition coefficient (Wildman–Crippen LogP) is 4.66. The van der Waals surface area contributed by atoms with E-state index in [4.69, 9.17) is 11.6 Å². The van der Waals surface area contributed by atoms with Gasteiger partial charge in [-0.1, -0.05) is 23.7 Å². The van der Waals surface area contributed by atoms with Crippen molar-refractivity contribution in [1.29, 1.82) is 0 Å². The molecular formula is C12H9ClF3N. The van der Waals surface area contributed by atoms with Crippen LogP contribution < -0.4 is 0 Å². The van der Waals surface area contributed by atoms with Crippen LogP contribution in [0, 0.1) is 6.92 Å². The normalized spacial score (nSPS) is 11.8. The van der Waals surface area contributed by atoms with Gasteiger partial charge in [-0.2, -0.15) is 13.2 Å². The molecule has 0 spiro atoms. The zero-order chi connectivity index (χ0) is 12.6. The first-order chi connectivity index (χ1) is 7.89. The number of alkyl halides is 3. The van der Waals surface area contributed by atoms with E-state index in [0.717, 1.165) is 0 Å². The van der Waals surface area contributed by atoms with Gasteiger partial charge in [0.05, 0.1) is 11.3 Å². The van der Waals surface area contributed by atoms with Gasteiger partial charge in [0.15, 0.2) is 0 Å². The number of aromatic nitrogens is 1. The smallest absolute Gasteiger partial charge is 0.360 e. The molecule has 0 aliphatic heterocycles. The van der Waals surface area contributed by atoms with Crippen LogP contribution in [0.3, 0.4) is 0 Å². The Morgan fingerprint density at radius 1 is 1.12 bits per heavy atom. The first kappa shape index (κ1) is 12.0. The lowest BCUT2D eigenvalue weighted by molar-refractivity contribution is -0.137. The zero-order valence-electron chi connectivity index (χ0n) is 8.90. The molecule has 0 aliphatic carbocycles. The average molecular weight is 260 g/mol. The monoisotopic (exact) mass is 259 g/mol. The summed E-state index contributed by atoms with van der Waals surface area (Å²) in [7, 11) is 0. The van der Waals surface area contributed by atoms with Gasteiger partial charge >= 0.3 is 6.18 Å². The maximum Gasteiger partial charge on any atom is 0.418 e. The number of aromatic amines is 1. The van der Waals surface area contributed by atoms with Crippen molar-refractivity contribution in [3.63, 3.8) is 0 Å². The Balaban J connectivity index is 2.57. The van der Waals surface area contributed by atoms with Gasteiger partial charge in [0.25, 0.3) is 0 Å². The van der Waals surface area contributed by atoms with Crippen molar-refractivity contribution < 1.29 is 13.2 Å². The zero-order valence-corrected chi connectivity index (χ0v) is 9.65. The molecule has 1 nitrogen and oxygen atoms in total. The van der Waals surface area contributed by atoms with E-state index >= 15 is 0 Å². The molecule has 0 aliphatic rings. The van der Waals surface area contributed by atoms with Crippen LogP contribution in [0.5, 0.6) is 0 Å². The highest BCUT2D eigenvalue weighted by atomic mass is 35.5. The maximum atomic E-state index is 12.9. The minimum atomic E-state index is -4.36. The van der Waals surface area contributed by atoms with Gasteiger partial charge in [-0.3, -0.25) is 0 Å². The first-order valence-corrected chi connectivity index (χ1v) is 5.28. The molecule has 0 saturated heterocycles. The molecule has 1 heterocycles. The Morgan fingerprint density at radius 2 is 1.71 bits per heavy atom. The molecule has 1 aromatic heterocycles. The molecule has 0 saturated carbocycles. The van der Waals surface area contributed by atoms with E-state index in [9.17, 15) is 13.2 Å². The molecule has 0 fully saturated rings. The predicted molar refractivity (Wildman–Crippen MR) is 61.0 cm³/mol. The third-order valence-corrected chi connectivity index (χ3v) is 2.75. The van der Waals surface area contributed by atoms with E-state index in [0.29, 0.717) is 10.6 Å². The molecule has 0 radical (unpaired) electrons. The third-order valence-electron chi connectivity index (χ3n) is 2.49. The summed E-state index contributed by atoms with van der Waals surface area (Å²) in [5, 5.41) is 0.491. The van der Waals surface area contributed by atoms with Crippen molar-refractivity contribution in [2.75, 3.05) is 0 Å². The van der Waals surface area contributed by atoms with E-state index in [1.807, 2.05) is 0 Å². The molecule has 90 valence electrons. The minimum absolute atomic E-state index is 0.0756. The highest BCUT2D eigenvalue weighted by molar-refractivity contribution is 6.30. The number of nitrogens with one attached hydrogen (secondary N) is 1. The molecule has 0 amide bonds. The van der Waals surface area contributed by atoms with Crippen LogP contribution in [-0.4, -0.2) is 4.98 Å². The van der Waals surface area contributed by atoms with Crippen molar-refractivity contribution in [2.24, 2.45) is 0 Å². The molecule has 0 atom stereocenters. The summed E-state index contributed by atoms with van der Waals surface area (Å²) in [6, 6.07) is 6.24.